The Labute approximate surface area is 701 Å². The van der Waals surface area contributed by atoms with Crippen molar-refractivity contribution in [3.8, 4) is 89.8 Å². The molecule has 1 aliphatic rings. The number of hydrogen-bond acceptors (Lipinski definition) is 4. The second kappa shape index (κ2) is 34.7. The first kappa shape index (κ1) is 82.5. The lowest BCUT2D eigenvalue weighted by Crippen LogP contribution is -2.30. The zero-order chi connectivity index (χ0) is 83.7. The first-order valence-electron chi connectivity index (χ1n) is 42.2. The molecule has 1 saturated carbocycles. The molecule has 1 aliphatic carbocycles. The van der Waals surface area contributed by atoms with E-state index < -0.39 is 0 Å². The first-order valence-corrected chi connectivity index (χ1v) is 42.2. The van der Waals surface area contributed by atoms with Gasteiger partial charge >= 0.3 is 0 Å². The van der Waals surface area contributed by atoms with E-state index >= 15 is 0 Å². The molecule has 0 bridgehead atoms. The van der Waals surface area contributed by atoms with Gasteiger partial charge in [-0.1, -0.05) is 143 Å². The second-order valence-corrected chi connectivity index (χ2v) is 35.5. The minimum Gasteiger partial charge on any atom is -0.261 e. The van der Waals surface area contributed by atoms with E-state index in [1.165, 1.54) is 208 Å². The third-order valence-electron chi connectivity index (χ3n) is 24.4. The van der Waals surface area contributed by atoms with Crippen molar-refractivity contribution in [2.45, 2.75) is 169 Å². The van der Waals surface area contributed by atoms with Crippen LogP contribution in [0.25, 0.3) is 133 Å². The Hall–Kier alpha value is -12.0. The Morgan fingerprint density at radius 3 is 0.975 bits per heavy atom. The Balaban J connectivity index is 0.000000129. The van der Waals surface area contributed by atoms with Crippen LogP contribution in [0, 0.1) is 95.4 Å². The molecule has 8 aromatic heterocycles. The van der Waals surface area contributed by atoms with E-state index in [9.17, 15) is 0 Å². The van der Waals surface area contributed by atoms with Crippen LogP contribution in [0.3, 0.4) is 0 Å². The van der Waals surface area contributed by atoms with Crippen LogP contribution < -0.4 is 18.3 Å². The van der Waals surface area contributed by atoms with E-state index in [-0.39, 0.29) is 5.41 Å². The highest BCUT2D eigenvalue weighted by Crippen LogP contribution is 2.38. The molecule has 8 nitrogen and oxygen atoms in total. The lowest BCUT2D eigenvalue weighted by Gasteiger charge is -2.17. The maximum absolute atomic E-state index is 4.83. The molecule has 0 radical (unpaired) electrons. The fourth-order valence-corrected chi connectivity index (χ4v) is 17.3. The van der Waals surface area contributed by atoms with Crippen molar-refractivity contribution in [1.29, 1.82) is 0 Å². The molecule has 0 unspecified atom stereocenters. The Morgan fingerprint density at radius 1 is 0.322 bits per heavy atom. The van der Waals surface area contributed by atoms with E-state index in [1.54, 1.807) is 0 Å². The summed E-state index contributed by atoms with van der Waals surface area (Å²) in [6.45, 7) is 39.5. The third-order valence-corrected chi connectivity index (χ3v) is 24.4. The molecular formula is C110H118N8+4. The van der Waals surface area contributed by atoms with Crippen molar-refractivity contribution >= 4 is 43.1 Å². The molecule has 0 saturated heterocycles. The van der Waals surface area contributed by atoms with Crippen molar-refractivity contribution in [2.75, 3.05) is 0 Å². The van der Waals surface area contributed by atoms with E-state index in [0.717, 1.165) is 45.9 Å². The lowest BCUT2D eigenvalue weighted by atomic mass is 9.89. The van der Waals surface area contributed by atoms with Gasteiger partial charge in [-0.15, -0.1) is 0 Å². The summed E-state index contributed by atoms with van der Waals surface area (Å²) in [5, 5.41) is 9.97. The summed E-state index contributed by atoms with van der Waals surface area (Å²) in [5.74, 6) is 1.16. The number of pyridine rings is 8. The molecule has 8 heterocycles. The smallest absolute Gasteiger partial charge is 0.213 e. The van der Waals surface area contributed by atoms with E-state index in [4.69, 9.17) is 9.97 Å². The summed E-state index contributed by atoms with van der Waals surface area (Å²) in [6, 6.07) is 71.5. The average Bonchev–Trinajstić information content (AvgIpc) is 0.875. The number of benzene rings is 8. The standard InChI is InChI=1S/C29H31N2.C29H33N2.C27H29N2.C25H25N2/c1-19-13-20(2)21(3)27(14-19)29-16-26-15-23(9-10-25(26)18-31(29)4)28-12-11-24(17-30-28)22-7-5-6-8-22;1-19-12-20(2)21(3)26(13-19)28-15-25-14-23(9-10-24(25)18-31(28)7)27-11-8-22(17-30-27)16-29(4,5)6;1-17(2)26-10-9-22(15-28-26)21-7-8-23-16-29(6)27(14-24(23)13-21)25-12-18(3)11-19(4)20(25)5;1-16-10-17(2)19(4)24(11-16)25-13-23-12-20(8-9-22(23)15-27(25)5)21-7-6-18(3)26-14-21/h9-18,22H,5-8H2,1-4H3;8-15,17-18H,16H2,1-7H3;7-17H,1-6H3;6-15H,1-5H3/q4*+1. The maximum Gasteiger partial charge on any atom is 0.213 e. The van der Waals surface area contributed by atoms with Crippen molar-refractivity contribution < 1.29 is 18.3 Å². The largest absolute Gasteiger partial charge is 0.261 e. The molecule has 8 aromatic carbocycles. The molecule has 16 aromatic rings. The number of rotatable bonds is 11. The van der Waals surface area contributed by atoms with Crippen LogP contribution in [-0.4, -0.2) is 19.9 Å². The molecule has 118 heavy (non-hydrogen) atoms. The predicted octanol–water partition coefficient (Wildman–Crippen LogP) is 26.0. The number of fused-ring (bicyclic) bond motifs is 4. The fourth-order valence-electron chi connectivity index (χ4n) is 17.3. The van der Waals surface area contributed by atoms with Crippen LogP contribution in [0.4, 0.5) is 0 Å². The highest BCUT2D eigenvalue weighted by Gasteiger charge is 2.24. The summed E-state index contributed by atoms with van der Waals surface area (Å²) < 4.78 is 8.96. The average molecular weight is 1550 g/mol. The van der Waals surface area contributed by atoms with Gasteiger partial charge in [-0.3, -0.25) is 19.9 Å². The van der Waals surface area contributed by atoms with Gasteiger partial charge in [-0.25, -0.2) is 18.3 Å². The number of hydrogen-bond donors (Lipinski definition) is 0. The quantitative estimate of drug-likeness (QED) is 0.121. The Bertz CT molecular complexity index is 6450. The molecule has 17 rings (SSSR count). The van der Waals surface area contributed by atoms with Crippen LogP contribution in [0.1, 0.15) is 161 Å². The van der Waals surface area contributed by atoms with Gasteiger partial charge in [0.2, 0.25) is 22.8 Å². The van der Waals surface area contributed by atoms with E-state index in [0.29, 0.717) is 11.8 Å². The lowest BCUT2D eigenvalue weighted by molar-refractivity contribution is -0.659. The number of aromatic nitrogens is 8. The van der Waals surface area contributed by atoms with Gasteiger partial charge in [0.05, 0.1) is 11.4 Å². The van der Waals surface area contributed by atoms with Gasteiger partial charge in [0, 0.05) is 126 Å². The Morgan fingerprint density at radius 2 is 0.661 bits per heavy atom. The van der Waals surface area contributed by atoms with Crippen LogP contribution in [0.15, 0.2) is 244 Å². The minimum atomic E-state index is 0.268. The third kappa shape index (κ3) is 18.5. The van der Waals surface area contributed by atoms with Gasteiger partial charge in [-0.2, -0.15) is 0 Å². The molecule has 0 spiro atoms. The molecular weight excluding hydrogens is 1430 g/mol. The van der Waals surface area contributed by atoms with Gasteiger partial charge in [-0.05, 0) is 312 Å². The molecule has 8 heteroatoms. The SMILES string of the molecule is Cc1cc(C)c(C)c(-c2cc3cc(-c4ccc(C(C)C)nc4)ccc3c[n+]2C)c1.Cc1cc(C)c(C)c(-c2cc3cc(-c4ccc(C)nc4)ccc3c[n+]2C)c1.Cc1cc(C)c(C)c(-c2cc3cc(-c4ccc(C5CCCC5)cn4)ccc3c[n+]2C)c1.Cc1cc(C)c(C)c(-c2cc3cc(-c4ccc(CC(C)(C)C)cn4)ccc3c[n+]2C)c1. The van der Waals surface area contributed by atoms with E-state index in [1.807, 2.05) is 25.5 Å². The predicted molar refractivity (Wildman–Crippen MR) is 495 cm³/mol. The monoisotopic (exact) mass is 1550 g/mol. The van der Waals surface area contributed by atoms with E-state index in [2.05, 4.69) is 399 Å². The van der Waals surface area contributed by atoms with Crippen molar-refractivity contribution in [3.05, 3.63) is 333 Å². The van der Waals surface area contributed by atoms with Gasteiger partial charge < -0.3 is 0 Å². The number of aryl methyl sites for hydroxylation is 13. The van der Waals surface area contributed by atoms with Crippen molar-refractivity contribution in [3.63, 3.8) is 0 Å². The maximum atomic E-state index is 4.83. The van der Waals surface area contributed by atoms with Gasteiger partial charge in [0.25, 0.3) is 0 Å². The van der Waals surface area contributed by atoms with Crippen LogP contribution >= 0.6 is 0 Å². The summed E-state index contributed by atoms with van der Waals surface area (Å²) in [6.07, 6.45) is 23.4. The van der Waals surface area contributed by atoms with Crippen molar-refractivity contribution in [1.82, 2.24) is 19.9 Å². The summed E-state index contributed by atoms with van der Waals surface area (Å²) >= 11 is 0. The molecule has 0 aliphatic heterocycles. The van der Waals surface area contributed by atoms with Crippen LogP contribution in [0.2, 0.25) is 0 Å². The normalized spacial score (nSPS) is 12.3. The van der Waals surface area contributed by atoms with Crippen molar-refractivity contribution in [2.24, 2.45) is 33.6 Å². The topological polar surface area (TPSA) is 67.1 Å². The zero-order valence-corrected chi connectivity index (χ0v) is 73.9. The number of nitrogens with zero attached hydrogens (tertiary/aromatic N) is 8. The highest BCUT2D eigenvalue weighted by atomic mass is 14.9. The minimum absolute atomic E-state index is 0.268. The molecule has 0 amide bonds. The summed E-state index contributed by atoms with van der Waals surface area (Å²) in [4.78, 5) is 18.7. The zero-order valence-electron chi connectivity index (χ0n) is 73.9. The summed E-state index contributed by atoms with van der Waals surface area (Å²) in [5.41, 5.74) is 40.4. The van der Waals surface area contributed by atoms with Crippen LogP contribution in [0.5, 0.6) is 0 Å². The molecule has 594 valence electrons. The first-order chi connectivity index (χ1) is 56.3. The summed E-state index contributed by atoms with van der Waals surface area (Å²) in [7, 11) is 8.54. The molecule has 0 N–H and O–H groups in total. The molecule has 1 fully saturated rings. The molecule has 0 atom stereocenters. The van der Waals surface area contributed by atoms with Crippen LogP contribution in [-0.2, 0) is 34.6 Å². The fraction of sp³-hybridized carbons (Fsp3) is 0.273. The van der Waals surface area contributed by atoms with Gasteiger partial charge in [0.1, 0.15) is 28.2 Å². The van der Waals surface area contributed by atoms with Gasteiger partial charge in [0.15, 0.2) is 24.8 Å². The second-order valence-electron chi connectivity index (χ2n) is 35.5. The highest BCUT2D eigenvalue weighted by molar-refractivity contribution is 5.92. The Kier molecular flexibility index (Phi) is 24.2.